The van der Waals surface area contributed by atoms with E-state index in [2.05, 4.69) is 29.3 Å². The van der Waals surface area contributed by atoms with E-state index in [-0.39, 0.29) is 12.5 Å². The van der Waals surface area contributed by atoms with E-state index in [4.69, 9.17) is 4.74 Å². The summed E-state index contributed by atoms with van der Waals surface area (Å²) in [6.07, 6.45) is 2.48. The monoisotopic (exact) mass is 374 g/mol. The van der Waals surface area contributed by atoms with E-state index in [0.717, 1.165) is 41.2 Å². The molecule has 4 rings (SSSR count). The Morgan fingerprint density at radius 2 is 1.71 bits per heavy atom. The maximum Gasteiger partial charge on any atom is 0.262 e. The molecule has 4 nitrogen and oxygen atoms in total. The van der Waals surface area contributed by atoms with Gasteiger partial charge in [0.1, 0.15) is 5.75 Å². The smallest absolute Gasteiger partial charge is 0.262 e. The zero-order valence-electron chi connectivity index (χ0n) is 16.2. The fraction of sp³-hybridized carbons (Fsp3) is 0.292. The lowest BCUT2D eigenvalue weighted by Gasteiger charge is -2.32. The molecule has 0 spiro atoms. The van der Waals surface area contributed by atoms with E-state index in [1.54, 1.807) is 0 Å². The number of anilines is 2. The van der Waals surface area contributed by atoms with E-state index in [1.807, 2.05) is 54.6 Å². The number of nitrogens with zero attached hydrogens (tertiary/aromatic N) is 1. The first kappa shape index (κ1) is 18.4. The predicted molar refractivity (Wildman–Crippen MR) is 115 cm³/mol. The molecule has 1 saturated heterocycles. The first-order valence-electron chi connectivity index (χ1n) is 9.94. The molecule has 0 saturated carbocycles. The van der Waals surface area contributed by atoms with Crippen molar-refractivity contribution >= 4 is 28.1 Å². The Bertz CT molecular complexity index is 939. The summed E-state index contributed by atoms with van der Waals surface area (Å²) in [7, 11) is 0. The van der Waals surface area contributed by atoms with Gasteiger partial charge in [-0.15, -0.1) is 0 Å². The highest BCUT2D eigenvalue weighted by molar-refractivity contribution is 5.93. The summed E-state index contributed by atoms with van der Waals surface area (Å²) >= 11 is 0. The summed E-state index contributed by atoms with van der Waals surface area (Å²) in [5.74, 6) is 1.38. The molecule has 0 aromatic heterocycles. The molecule has 28 heavy (non-hydrogen) atoms. The van der Waals surface area contributed by atoms with Crippen LogP contribution in [0.1, 0.15) is 19.8 Å². The van der Waals surface area contributed by atoms with Crippen LogP contribution in [0.25, 0.3) is 10.8 Å². The standard InChI is InChI=1S/C24H26N2O2/c1-18-13-15-26(16-14-18)21-11-9-20(10-12-21)25-24(27)17-28-23-8-4-6-19-5-2-3-7-22(19)23/h2-12,18H,13-17H2,1H3,(H,25,27). The van der Waals surface area contributed by atoms with Crippen molar-refractivity contribution in [3.05, 3.63) is 66.7 Å². The minimum atomic E-state index is -0.160. The highest BCUT2D eigenvalue weighted by Crippen LogP contribution is 2.26. The number of hydrogen-bond donors (Lipinski definition) is 1. The quantitative estimate of drug-likeness (QED) is 0.676. The van der Waals surface area contributed by atoms with Gasteiger partial charge in [-0.05, 0) is 54.5 Å². The van der Waals surface area contributed by atoms with Crippen LogP contribution in [0.4, 0.5) is 11.4 Å². The van der Waals surface area contributed by atoms with E-state index in [0.29, 0.717) is 0 Å². The number of carbonyl (C=O) groups excluding carboxylic acids is 1. The molecule has 0 aliphatic carbocycles. The molecule has 0 radical (unpaired) electrons. The Morgan fingerprint density at radius 3 is 2.50 bits per heavy atom. The summed E-state index contributed by atoms with van der Waals surface area (Å²) in [5, 5.41) is 5.03. The predicted octanol–water partition coefficient (Wildman–Crippen LogP) is 5.09. The third-order valence-electron chi connectivity index (χ3n) is 5.41. The number of ether oxygens (including phenoxy) is 1. The van der Waals surface area contributed by atoms with Gasteiger partial charge < -0.3 is 15.0 Å². The van der Waals surface area contributed by atoms with Crippen LogP contribution < -0.4 is 15.0 Å². The lowest BCUT2D eigenvalue weighted by Crippen LogP contribution is -2.32. The summed E-state index contributed by atoms with van der Waals surface area (Å²) in [6, 6.07) is 22.0. The fourth-order valence-electron chi connectivity index (χ4n) is 3.68. The van der Waals surface area contributed by atoms with Crippen molar-refractivity contribution in [3.8, 4) is 5.75 Å². The number of piperidine rings is 1. The number of carbonyl (C=O) groups is 1. The largest absolute Gasteiger partial charge is 0.483 e. The van der Waals surface area contributed by atoms with E-state index < -0.39 is 0 Å². The number of amides is 1. The molecule has 0 bridgehead atoms. The van der Waals surface area contributed by atoms with Crippen molar-refractivity contribution in [1.29, 1.82) is 0 Å². The van der Waals surface area contributed by atoms with Crippen molar-refractivity contribution in [2.45, 2.75) is 19.8 Å². The van der Waals surface area contributed by atoms with Gasteiger partial charge in [0.15, 0.2) is 6.61 Å². The van der Waals surface area contributed by atoms with Crippen LogP contribution in [0.15, 0.2) is 66.7 Å². The summed E-state index contributed by atoms with van der Waals surface area (Å²) < 4.78 is 5.76. The van der Waals surface area contributed by atoms with Crippen LogP contribution in [-0.4, -0.2) is 25.6 Å². The maximum absolute atomic E-state index is 12.3. The minimum absolute atomic E-state index is 0.0141. The second-order valence-electron chi connectivity index (χ2n) is 7.53. The third-order valence-corrected chi connectivity index (χ3v) is 5.41. The molecule has 1 heterocycles. The van der Waals surface area contributed by atoms with E-state index in [9.17, 15) is 4.79 Å². The van der Waals surface area contributed by atoms with Crippen LogP contribution in [0.5, 0.6) is 5.75 Å². The highest BCUT2D eigenvalue weighted by Gasteiger charge is 2.16. The SMILES string of the molecule is CC1CCN(c2ccc(NC(=O)COc3cccc4ccccc34)cc2)CC1. The second kappa shape index (κ2) is 8.34. The summed E-state index contributed by atoms with van der Waals surface area (Å²) in [4.78, 5) is 14.7. The molecule has 1 amide bonds. The number of hydrogen-bond acceptors (Lipinski definition) is 3. The lowest BCUT2D eigenvalue weighted by molar-refractivity contribution is -0.118. The fourth-order valence-corrected chi connectivity index (χ4v) is 3.68. The molecule has 1 N–H and O–H groups in total. The Hall–Kier alpha value is -3.01. The van der Waals surface area contributed by atoms with Gasteiger partial charge in [0, 0.05) is 29.9 Å². The van der Waals surface area contributed by atoms with Crippen LogP contribution in [-0.2, 0) is 4.79 Å². The van der Waals surface area contributed by atoms with E-state index in [1.165, 1.54) is 18.5 Å². The normalized spacial score (nSPS) is 14.8. The Kier molecular flexibility index (Phi) is 5.47. The Balaban J connectivity index is 1.33. The van der Waals surface area contributed by atoms with Crippen LogP contribution in [0.2, 0.25) is 0 Å². The van der Waals surface area contributed by atoms with Crippen LogP contribution in [0, 0.1) is 5.92 Å². The molecule has 0 unspecified atom stereocenters. The average molecular weight is 374 g/mol. The first-order chi connectivity index (χ1) is 13.7. The number of nitrogens with one attached hydrogen (secondary N) is 1. The molecule has 3 aromatic carbocycles. The second-order valence-corrected chi connectivity index (χ2v) is 7.53. The lowest BCUT2D eigenvalue weighted by atomic mass is 9.99. The number of rotatable bonds is 5. The third kappa shape index (κ3) is 4.28. The minimum Gasteiger partial charge on any atom is -0.483 e. The first-order valence-corrected chi connectivity index (χ1v) is 9.94. The van der Waals surface area contributed by atoms with Crippen molar-refractivity contribution in [2.75, 3.05) is 29.9 Å². The van der Waals surface area contributed by atoms with Crippen molar-refractivity contribution in [1.82, 2.24) is 0 Å². The van der Waals surface area contributed by atoms with Gasteiger partial charge in [-0.3, -0.25) is 4.79 Å². The Morgan fingerprint density at radius 1 is 1.00 bits per heavy atom. The molecular weight excluding hydrogens is 348 g/mol. The topological polar surface area (TPSA) is 41.6 Å². The van der Waals surface area contributed by atoms with Gasteiger partial charge in [-0.2, -0.15) is 0 Å². The van der Waals surface area contributed by atoms with Crippen molar-refractivity contribution < 1.29 is 9.53 Å². The van der Waals surface area contributed by atoms with Gasteiger partial charge in [-0.25, -0.2) is 0 Å². The number of benzene rings is 3. The summed E-state index contributed by atoms with van der Waals surface area (Å²) in [5.41, 5.74) is 2.01. The number of fused-ring (bicyclic) bond motifs is 1. The molecule has 144 valence electrons. The van der Waals surface area contributed by atoms with Gasteiger partial charge in [-0.1, -0.05) is 43.3 Å². The van der Waals surface area contributed by atoms with Crippen molar-refractivity contribution in [2.24, 2.45) is 5.92 Å². The Labute approximate surface area is 166 Å². The summed E-state index contributed by atoms with van der Waals surface area (Å²) in [6.45, 7) is 4.51. The zero-order chi connectivity index (χ0) is 19.3. The average Bonchev–Trinajstić information content (AvgIpc) is 2.73. The molecule has 1 aliphatic rings. The van der Waals surface area contributed by atoms with Gasteiger partial charge in [0.2, 0.25) is 0 Å². The molecule has 3 aromatic rings. The highest BCUT2D eigenvalue weighted by atomic mass is 16.5. The van der Waals surface area contributed by atoms with Crippen molar-refractivity contribution in [3.63, 3.8) is 0 Å². The molecule has 1 fully saturated rings. The van der Waals surface area contributed by atoms with Crippen LogP contribution >= 0.6 is 0 Å². The van der Waals surface area contributed by atoms with Gasteiger partial charge in [0.25, 0.3) is 5.91 Å². The maximum atomic E-state index is 12.3. The van der Waals surface area contributed by atoms with Gasteiger partial charge >= 0.3 is 0 Å². The van der Waals surface area contributed by atoms with Gasteiger partial charge in [0.05, 0.1) is 0 Å². The molecular formula is C24H26N2O2. The van der Waals surface area contributed by atoms with E-state index >= 15 is 0 Å². The molecule has 0 atom stereocenters. The van der Waals surface area contributed by atoms with Crippen LogP contribution in [0.3, 0.4) is 0 Å². The molecule has 4 heteroatoms. The molecule has 1 aliphatic heterocycles. The zero-order valence-corrected chi connectivity index (χ0v) is 16.2.